The Balaban J connectivity index is 2.40. The predicted molar refractivity (Wildman–Crippen MR) is 84.2 cm³/mol. The Hall–Kier alpha value is -1.84. The fraction of sp³-hybridized carbons (Fsp3) is 0.529. The van der Waals surface area contributed by atoms with Crippen molar-refractivity contribution in [2.75, 3.05) is 4.90 Å². The van der Waals surface area contributed by atoms with Crippen molar-refractivity contribution in [3.8, 4) is 0 Å². The van der Waals surface area contributed by atoms with Crippen molar-refractivity contribution in [1.82, 2.24) is 5.32 Å². The number of anilines is 1. The number of benzene rings is 1. The standard InChI is InChI=1S/C17H24N2O2/c1-6-10(2)15-17(21)19(13(5)16(20)18-15)14-8-7-11(3)12(4)9-14/h7-10,13,15H,6H2,1-5H3,(H,18,20). The number of piperazine rings is 1. The molecule has 1 aromatic carbocycles. The van der Waals surface area contributed by atoms with Gasteiger partial charge in [-0.15, -0.1) is 0 Å². The van der Waals surface area contributed by atoms with Crippen LogP contribution in [-0.4, -0.2) is 23.9 Å². The molecule has 0 spiro atoms. The maximum atomic E-state index is 12.8. The number of carbonyl (C=O) groups excluding carboxylic acids is 2. The number of nitrogens with one attached hydrogen (secondary N) is 1. The minimum atomic E-state index is -0.472. The van der Waals surface area contributed by atoms with Crippen LogP contribution in [0.5, 0.6) is 0 Å². The fourth-order valence-electron chi connectivity index (χ4n) is 2.64. The topological polar surface area (TPSA) is 49.4 Å². The molecule has 114 valence electrons. The quantitative estimate of drug-likeness (QED) is 0.929. The van der Waals surface area contributed by atoms with E-state index in [0.717, 1.165) is 17.7 Å². The molecule has 0 aromatic heterocycles. The molecule has 1 heterocycles. The second kappa shape index (κ2) is 5.88. The molecular formula is C17H24N2O2. The van der Waals surface area contributed by atoms with Crippen LogP contribution in [0.3, 0.4) is 0 Å². The first-order chi connectivity index (χ1) is 9.86. The summed E-state index contributed by atoms with van der Waals surface area (Å²) in [4.78, 5) is 26.6. The van der Waals surface area contributed by atoms with Crippen molar-refractivity contribution in [2.45, 2.75) is 53.1 Å². The fourth-order valence-corrected chi connectivity index (χ4v) is 2.64. The molecule has 0 aliphatic carbocycles. The molecule has 0 saturated carbocycles. The van der Waals surface area contributed by atoms with Crippen LogP contribution in [0.4, 0.5) is 5.69 Å². The van der Waals surface area contributed by atoms with Gasteiger partial charge in [0, 0.05) is 5.69 Å². The number of amides is 2. The second-order valence-electron chi connectivity index (χ2n) is 6.02. The van der Waals surface area contributed by atoms with Crippen LogP contribution in [0.2, 0.25) is 0 Å². The molecule has 1 N–H and O–H groups in total. The van der Waals surface area contributed by atoms with Gasteiger partial charge in [0.1, 0.15) is 12.1 Å². The van der Waals surface area contributed by atoms with E-state index in [1.165, 1.54) is 5.56 Å². The average molecular weight is 288 g/mol. The summed E-state index contributed by atoms with van der Waals surface area (Å²) in [5.41, 5.74) is 3.11. The third kappa shape index (κ3) is 2.80. The summed E-state index contributed by atoms with van der Waals surface area (Å²) >= 11 is 0. The van der Waals surface area contributed by atoms with E-state index in [0.29, 0.717) is 0 Å². The Labute approximate surface area is 126 Å². The highest BCUT2D eigenvalue weighted by Crippen LogP contribution is 2.26. The van der Waals surface area contributed by atoms with Crippen LogP contribution in [0.1, 0.15) is 38.3 Å². The second-order valence-corrected chi connectivity index (χ2v) is 6.02. The van der Waals surface area contributed by atoms with Crippen LogP contribution < -0.4 is 10.2 Å². The van der Waals surface area contributed by atoms with E-state index in [1.54, 1.807) is 11.8 Å². The summed E-state index contributed by atoms with van der Waals surface area (Å²) in [6.07, 6.45) is 0.853. The van der Waals surface area contributed by atoms with Gasteiger partial charge in [-0.2, -0.15) is 0 Å². The van der Waals surface area contributed by atoms with Crippen LogP contribution in [0.25, 0.3) is 0 Å². The molecule has 1 fully saturated rings. The molecule has 0 bridgehead atoms. The van der Waals surface area contributed by atoms with Crippen molar-refractivity contribution in [3.63, 3.8) is 0 Å². The number of carbonyl (C=O) groups is 2. The lowest BCUT2D eigenvalue weighted by Crippen LogP contribution is -2.64. The van der Waals surface area contributed by atoms with Crippen LogP contribution >= 0.6 is 0 Å². The molecule has 4 heteroatoms. The SMILES string of the molecule is CCC(C)C1NC(=O)C(C)N(c2ccc(C)c(C)c2)C1=O. The number of nitrogens with zero attached hydrogens (tertiary/aromatic N) is 1. The Morgan fingerprint density at radius 3 is 2.48 bits per heavy atom. The Bertz CT molecular complexity index is 568. The van der Waals surface area contributed by atoms with Crippen molar-refractivity contribution in [3.05, 3.63) is 29.3 Å². The maximum absolute atomic E-state index is 12.8. The average Bonchev–Trinajstić information content (AvgIpc) is 2.46. The van der Waals surface area contributed by atoms with Gasteiger partial charge in [0.05, 0.1) is 0 Å². The molecule has 3 atom stereocenters. The summed E-state index contributed by atoms with van der Waals surface area (Å²) in [5.74, 6) is 0.0285. The first kappa shape index (κ1) is 15.5. The van der Waals surface area contributed by atoms with Crippen molar-refractivity contribution >= 4 is 17.5 Å². The van der Waals surface area contributed by atoms with Gasteiger partial charge < -0.3 is 5.32 Å². The highest BCUT2D eigenvalue weighted by atomic mass is 16.2. The molecule has 3 unspecified atom stereocenters. The first-order valence-electron chi connectivity index (χ1n) is 7.57. The largest absolute Gasteiger partial charge is 0.342 e. The van der Waals surface area contributed by atoms with E-state index in [-0.39, 0.29) is 17.7 Å². The van der Waals surface area contributed by atoms with Crippen LogP contribution in [0.15, 0.2) is 18.2 Å². The Kier molecular flexibility index (Phi) is 4.35. The number of aryl methyl sites for hydroxylation is 2. The molecule has 21 heavy (non-hydrogen) atoms. The summed E-state index contributed by atoms with van der Waals surface area (Å²) in [5, 5.41) is 2.86. The predicted octanol–water partition coefficient (Wildman–Crippen LogP) is 2.57. The normalized spacial score (nSPS) is 24.0. The smallest absolute Gasteiger partial charge is 0.250 e. The maximum Gasteiger partial charge on any atom is 0.250 e. The van der Waals surface area contributed by atoms with E-state index >= 15 is 0 Å². The molecule has 1 aromatic rings. The lowest BCUT2D eigenvalue weighted by molar-refractivity contribution is -0.134. The number of hydrogen-bond acceptors (Lipinski definition) is 2. The molecule has 2 rings (SSSR count). The summed E-state index contributed by atoms with van der Waals surface area (Å²) in [6.45, 7) is 9.86. The van der Waals surface area contributed by atoms with Crippen LogP contribution in [-0.2, 0) is 9.59 Å². The van der Waals surface area contributed by atoms with Gasteiger partial charge in [-0.05, 0) is 49.9 Å². The van der Waals surface area contributed by atoms with Gasteiger partial charge >= 0.3 is 0 Å². The van der Waals surface area contributed by atoms with E-state index in [1.807, 2.05) is 45.9 Å². The number of rotatable bonds is 3. The molecule has 4 nitrogen and oxygen atoms in total. The monoisotopic (exact) mass is 288 g/mol. The van der Waals surface area contributed by atoms with Gasteiger partial charge in [-0.1, -0.05) is 26.3 Å². The van der Waals surface area contributed by atoms with E-state index < -0.39 is 12.1 Å². The zero-order valence-corrected chi connectivity index (χ0v) is 13.4. The van der Waals surface area contributed by atoms with Gasteiger partial charge in [0.2, 0.25) is 5.91 Å². The minimum absolute atomic E-state index is 0.0142. The number of hydrogen-bond donors (Lipinski definition) is 1. The van der Waals surface area contributed by atoms with Crippen molar-refractivity contribution in [1.29, 1.82) is 0 Å². The summed E-state index contributed by atoms with van der Waals surface area (Å²) in [6, 6.07) is 4.99. The summed E-state index contributed by atoms with van der Waals surface area (Å²) < 4.78 is 0. The lowest BCUT2D eigenvalue weighted by atomic mass is 9.94. The van der Waals surface area contributed by atoms with E-state index in [4.69, 9.17) is 0 Å². The third-order valence-electron chi connectivity index (χ3n) is 4.55. The lowest BCUT2D eigenvalue weighted by Gasteiger charge is -2.39. The van der Waals surface area contributed by atoms with Gasteiger partial charge in [-0.25, -0.2) is 0 Å². The molecule has 1 saturated heterocycles. The van der Waals surface area contributed by atoms with Gasteiger partial charge in [-0.3, -0.25) is 14.5 Å². The zero-order valence-electron chi connectivity index (χ0n) is 13.4. The van der Waals surface area contributed by atoms with E-state index in [2.05, 4.69) is 5.32 Å². The minimum Gasteiger partial charge on any atom is -0.342 e. The Morgan fingerprint density at radius 1 is 1.24 bits per heavy atom. The molecule has 1 aliphatic heterocycles. The zero-order chi connectivity index (χ0) is 15.7. The Morgan fingerprint density at radius 2 is 1.90 bits per heavy atom. The van der Waals surface area contributed by atoms with Crippen LogP contribution in [0, 0.1) is 19.8 Å². The molecule has 2 amide bonds. The first-order valence-corrected chi connectivity index (χ1v) is 7.57. The molecular weight excluding hydrogens is 264 g/mol. The van der Waals surface area contributed by atoms with Crippen molar-refractivity contribution in [2.24, 2.45) is 5.92 Å². The van der Waals surface area contributed by atoms with E-state index in [9.17, 15) is 9.59 Å². The summed E-state index contributed by atoms with van der Waals surface area (Å²) in [7, 11) is 0. The molecule has 1 aliphatic rings. The molecule has 0 radical (unpaired) electrons. The van der Waals surface area contributed by atoms with Crippen molar-refractivity contribution < 1.29 is 9.59 Å². The highest BCUT2D eigenvalue weighted by Gasteiger charge is 2.40. The third-order valence-corrected chi connectivity index (χ3v) is 4.55. The highest BCUT2D eigenvalue weighted by molar-refractivity contribution is 6.08. The van der Waals surface area contributed by atoms with Gasteiger partial charge in [0.15, 0.2) is 0 Å². The van der Waals surface area contributed by atoms with Gasteiger partial charge in [0.25, 0.3) is 5.91 Å².